The van der Waals surface area contributed by atoms with Gasteiger partial charge in [-0.3, -0.25) is 0 Å². The highest BCUT2D eigenvalue weighted by Gasteiger charge is 2.23. The molecule has 1 aromatic heterocycles. The lowest BCUT2D eigenvalue weighted by Gasteiger charge is -1.92. The quantitative estimate of drug-likeness (QED) is 0.511. The second-order valence-corrected chi connectivity index (χ2v) is 3.07. The lowest BCUT2D eigenvalue weighted by atomic mass is 10.2. The van der Waals surface area contributed by atoms with Crippen LogP contribution in [0.3, 0.4) is 0 Å². The first kappa shape index (κ1) is 5.90. The van der Waals surface area contributed by atoms with Crippen molar-refractivity contribution in [3.63, 3.8) is 0 Å². The Balaban J connectivity index is 2.28. The van der Waals surface area contributed by atoms with Crippen molar-refractivity contribution in [2.24, 2.45) is 7.05 Å². The molecule has 0 radical (unpaired) electrons. The minimum atomic E-state index is 0.890. The van der Waals surface area contributed by atoms with Crippen LogP contribution < -0.4 is 4.57 Å². The molecular weight excluding hydrogens is 122 g/mol. The van der Waals surface area contributed by atoms with E-state index in [1.807, 2.05) is 0 Å². The fourth-order valence-electron chi connectivity index (χ4n) is 1.20. The molecule has 52 valence electrons. The van der Waals surface area contributed by atoms with E-state index in [0.717, 1.165) is 5.92 Å². The minimum Gasteiger partial charge on any atom is -0.208 e. The van der Waals surface area contributed by atoms with Crippen molar-refractivity contribution in [2.45, 2.75) is 18.8 Å². The molecule has 0 saturated heterocycles. The summed E-state index contributed by atoms with van der Waals surface area (Å²) in [4.78, 5) is 0. The molecule has 0 aliphatic heterocycles. The Morgan fingerprint density at radius 1 is 1.30 bits per heavy atom. The maximum absolute atomic E-state index is 2.22. The first-order chi connectivity index (χ1) is 4.86. The van der Waals surface area contributed by atoms with Crippen LogP contribution in [0.25, 0.3) is 0 Å². The van der Waals surface area contributed by atoms with Crippen LogP contribution in [0.5, 0.6) is 0 Å². The highest BCUT2D eigenvalue weighted by Crippen LogP contribution is 2.39. The van der Waals surface area contributed by atoms with Crippen LogP contribution in [0, 0.1) is 0 Å². The van der Waals surface area contributed by atoms with Crippen molar-refractivity contribution in [2.75, 3.05) is 0 Å². The zero-order chi connectivity index (χ0) is 6.97. The van der Waals surface area contributed by atoms with Crippen LogP contribution in [0.1, 0.15) is 24.3 Å². The maximum Gasteiger partial charge on any atom is 0.168 e. The van der Waals surface area contributed by atoms with Crippen molar-refractivity contribution in [3.05, 3.63) is 30.1 Å². The topological polar surface area (TPSA) is 3.88 Å². The summed E-state index contributed by atoms with van der Waals surface area (Å²) in [6.07, 6.45) is 7.03. The molecule has 0 aromatic carbocycles. The van der Waals surface area contributed by atoms with E-state index in [2.05, 4.69) is 36.1 Å². The van der Waals surface area contributed by atoms with E-state index in [-0.39, 0.29) is 0 Å². The third kappa shape index (κ3) is 1.04. The van der Waals surface area contributed by atoms with Crippen LogP contribution >= 0.6 is 0 Å². The molecule has 0 unspecified atom stereocenters. The highest BCUT2D eigenvalue weighted by atomic mass is 14.9. The first-order valence-electron chi connectivity index (χ1n) is 3.81. The molecule has 10 heavy (non-hydrogen) atoms. The lowest BCUT2D eigenvalue weighted by Crippen LogP contribution is -2.25. The third-order valence-electron chi connectivity index (χ3n) is 2.05. The van der Waals surface area contributed by atoms with Gasteiger partial charge in [0.25, 0.3) is 0 Å². The molecule has 0 spiro atoms. The SMILES string of the molecule is C[n+]1ccc(C2CC2)cc1. The van der Waals surface area contributed by atoms with E-state index in [4.69, 9.17) is 0 Å². The smallest absolute Gasteiger partial charge is 0.168 e. The fourth-order valence-corrected chi connectivity index (χ4v) is 1.20. The monoisotopic (exact) mass is 134 g/mol. The molecule has 0 N–H and O–H groups in total. The number of aromatic nitrogens is 1. The molecule has 1 heteroatoms. The molecular formula is C9H12N+. The summed E-state index contributed by atoms with van der Waals surface area (Å²) in [5.41, 5.74) is 1.51. The van der Waals surface area contributed by atoms with Crippen molar-refractivity contribution in [3.8, 4) is 0 Å². The first-order valence-corrected chi connectivity index (χ1v) is 3.81. The summed E-state index contributed by atoms with van der Waals surface area (Å²) in [6, 6.07) is 4.44. The molecule has 0 bridgehead atoms. The molecule has 0 atom stereocenters. The van der Waals surface area contributed by atoms with Crippen LogP contribution in [0.2, 0.25) is 0 Å². The summed E-state index contributed by atoms with van der Waals surface area (Å²) in [7, 11) is 2.05. The summed E-state index contributed by atoms with van der Waals surface area (Å²) in [5.74, 6) is 0.890. The zero-order valence-electron chi connectivity index (χ0n) is 6.25. The van der Waals surface area contributed by atoms with Gasteiger partial charge in [0, 0.05) is 12.1 Å². The number of rotatable bonds is 1. The average molecular weight is 134 g/mol. The van der Waals surface area contributed by atoms with E-state index < -0.39 is 0 Å². The van der Waals surface area contributed by atoms with Gasteiger partial charge in [0.05, 0.1) is 0 Å². The number of aryl methyl sites for hydroxylation is 1. The van der Waals surface area contributed by atoms with Crippen LogP contribution in [0.4, 0.5) is 0 Å². The van der Waals surface area contributed by atoms with Crippen molar-refractivity contribution >= 4 is 0 Å². The molecule has 1 aromatic rings. The Bertz CT molecular complexity index is 221. The number of nitrogens with zero attached hydrogens (tertiary/aromatic N) is 1. The summed E-state index contributed by atoms with van der Waals surface area (Å²) in [6.45, 7) is 0. The van der Waals surface area contributed by atoms with Gasteiger partial charge in [-0.05, 0) is 24.3 Å². The van der Waals surface area contributed by atoms with Gasteiger partial charge in [-0.1, -0.05) is 0 Å². The summed E-state index contributed by atoms with van der Waals surface area (Å²) >= 11 is 0. The molecule has 0 amide bonds. The Morgan fingerprint density at radius 3 is 2.40 bits per heavy atom. The van der Waals surface area contributed by atoms with Gasteiger partial charge in [-0.2, -0.15) is 0 Å². The Hall–Kier alpha value is -0.850. The Kier molecular flexibility index (Phi) is 1.23. The third-order valence-corrected chi connectivity index (χ3v) is 2.05. The molecule has 1 aliphatic rings. The van der Waals surface area contributed by atoms with Crippen molar-refractivity contribution in [1.82, 2.24) is 0 Å². The van der Waals surface area contributed by atoms with Gasteiger partial charge in [0.2, 0.25) is 0 Å². The molecule has 2 rings (SSSR count). The van der Waals surface area contributed by atoms with Crippen LogP contribution in [-0.2, 0) is 7.05 Å². The second kappa shape index (κ2) is 2.08. The number of hydrogen-bond acceptors (Lipinski definition) is 0. The van der Waals surface area contributed by atoms with Gasteiger partial charge in [-0.25, -0.2) is 4.57 Å². The molecule has 1 fully saturated rings. The molecule has 1 saturated carbocycles. The van der Waals surface area contributed by atoms with E-state index in [9.17, 15) is 0 Å². The Labute approximate surface area is 61.3 Å². The van der Waals surface area contributed by atoms with E-state index in [1.54, 1.807) is 0 Å². The van der Waals surface area contributed by atoms with E-state index in [0.29, 0.717) is 0 Å². The maximum atomic E-state index is 2.22. The van der Waals surface area contributed by atoms with Crippen LogP contribution in [0.15, 0.2) is 24.5 Å². The molecule has 1 nitrogen and oxygen atoms in total. The van der Waals surface area contributed by atoms with Gasteiger partial charge >= 0.3 is 0 Å². The normalized spacial score (nSPS) is 17.3. The second-order valence-electron chi connectivity index (χ2n) is 3.07. The van der Waals surface area contributed by atoms with E-state index in [1.165, 1.54) is 18.4 Å². The zero-order valence-corrected chi connectivity index (χ0v) is 6.25. The van der Waals surface area contributed by atoms with Crippen molar-refractivity contribution < 1.29 is 4.57 Å². The van der Waals surface area contributed by atoms with Gasteiger partial charge in [-0.15, -0.1) is 0 Å². The van der Waals surface area contributed by atoms with Crippen LogP contribution in [-0.4, -0.2) is 0 Å². The minimum absolute atomic E-state index is 0.890. The number of hydrogen-bond donors (Lipinski definition) is 0. The van der Waals surface area contributed by atoms with Gasteiger partial charge < -0.3 is 0 Å². The lowest BCUT2D eigenvalue weighted by molar-refractivity contribution is -0.671. The fraction of sp³-hybridized carbons (Fsp3) is 0.444. The highest BCUT2D eigenvalue weighted by molar-refractivity contribution is 5.18. The predicted octanol–water partition coefficient (Wildman–Crippen LogP) is 1.39. The largest absolute Gasteiger partial charge is 0.208 e. The van der Waals surface area contributed by atoms with E-state index >= 15 is 0 Å². The summed E-state index contributed by atoms with van der Waals surface area (Å²) < 4.78 is 2.08. The van der Waals surface area contributed by atoms with Gasteiger partial charge in [0.1, 0.15) is 7.05 Å². The molecule has 1 aliphatic carbocycles. The standard InChI is InChI=1S/C9H12N/c1-10-6-4-9(5-7-10)8-2-3-8/h4-8H,2-3H2,1H3/q+1. The Morgan fingerprint density at radius 2 is 1.90 bits per heavy atom. The molecule has 1 heterocycles. The predicted molar refractivity (Wildman–Crippen MR) is 39.6 cm³/mol. The van der Waals surface area contributed by atoms with Crippen molar-refractivity contribution in [1.29, 1.82) is 0 Å². The average Bonchev–Trinajstić information content (AvgIpc) is 2.71. The summed E-state index contributed by atoms with van der Waals surface area (Å²) in [5, 5.41) is 0. The van der Waals surface area contributed by atoms with Gasteiger partial charge in [0.15, 0.2) is 12.4 Å². The number of pyridine rings is 1.